The van der Waals surface area contributed by atoms with E-state index in [2.05, 4.69) is 31.2 Å². The highest BCUT2D eigenvalue weighted by molar-refractivity contribution is 9.10. The zero-order valence-corrected chi connectivity index (χ0v) is 13.0. The Bertz CT molecular complexity index is 667. The maximum Gasteiger partial charge on any atom is 0.339 e. The van der Waals surface area contributed by atoms with Crippen LogP contribution in [0.4, 0.5) is 5.69 Å². The molecular weight excluding hydrogens is 369 g/mol. The van der Waals surface area contributed by atoms with Crippen molar-refractivity contribution in [3.05, 3.63) is 50.4 Å². The van der Waals surface area contributed by atoms with Gasteiger partial charge in [0.25, 0.3) is 0 Å². The number of nitrogens with zero attached hydrogens (tertiary/aromatic N) is 2. The molecule has 2 rings (SSSR count). The van der Waals surface area contributed by atoms with Crippen LogP contribution in [-0.2, 0) is 6.54 Å². The first-order chi connectivity index (χ1) is 9.50. The van der Waals surface area contributed by atoms with Gasteiger partial charge in [0.15, 0.2) is 0 Å². The maximum atomic E-state index is 11.0. The van der Waals surface area contributed by atoms with E-state index < -0.39 is 5.97 Å². The molecular formula is C12H8BrCl2N3O2. The highest BCUT2D eigenvalue weighted by Crippen LogP contribution is 2.35. The lowest BCUT2D eigenvalue weighted by Gasteiger charge is -2.11. The van der Waals surface area contributed by atoms with Crippen molar-refractivity contribution < 1.29 is 9.90 Å². The average molecular weight is 377 g/mol. The number of anilines is 1. The largest absolute Gasteiger partial charge is 0.478 e. The molecule has 1 aromatic heterocycles. The van der Waals surface area contributed by atoms with Crippen LogP contribution >= 0.6 is 39.1 Å². The summed E-state index contributed by atoms with van der Waals surface area (Å²) in [5, 5.41) is 12.8. The van der Waals surface area contributed by atoms with E-state index in [0.29, 0.717) is 25.9 Å². The number of nitrogens with one attached hydrogen (secondary N) is 1. The molecule has 0 aliphatic rings. The first-order valence-electron chi connectivity index (χ1n) is 5.40. The summed E-state index contributed by atoms with van der Waals surface area (Å²) >= 11 is 15.4. The zero-order chi connectivity index (χ0) is 14.7. The second-order valence-corrected chi connectivity index (χ2v) is 5.37. The smallest absolute Gasteiger partial charge is 0.339 e. The summed E-state index contributed by atoms with van der Waals surface area (Å²) in [6.07, 6.45) is 2.54. The molecule has 8 heteroatoms. The Labute approximate surface area is 133 Å². The minimum atomic E-state index is -1.08. The van der Waals surface area contributed by atoms with Crippen molar-refractivity contribution in [2.24, 2.45) is 0 Å². The SMILES string of the molecule is O=C(O)c1cncnc1CNc1ccc(Br)c(Cl)c1Cl. The molecule has 0 unspecified atom stereocenters. The Hall–Kier alpha value is -1.37. The molecule has 0 aliphatic heterocycles. The molecule has 0 fully saturated rings. The summed E-state index contributed by atoms with van der Waals surface area (Å²) in [5.74, 6) is -1.08. The van der Waals surface area contributed by atoms with Gasteiger partial charge < -0.3 is 10.4 Å². The van der Waals surface area contributed by atoms with Gasteiger partial charge in [-0.15, -0.1) is 0 Å². The Kier molecular flexibility index (Phi) is 4.80. The van der Waals surface area contributed by atoms with E-state index in [0.717, 1.165) is 0 Å². The molecule has 5 nitrogen and oxygen atoms in total. The van der Waals surface area contributed by atoms with Crippen LogP contribution < -0.4 is 5.32 Å². The van der Waals surface area contributed by atoms with Crippen molar-refractivity contribution in [2.45, 2.75) is 6.54 Å². The normalized spacial score (nSPS) is 10.3. The molecule has 0 atom stereocenters. The van der Waals surface area contributed by atoms with Crippen LogP contribution in [0.2, 0.25) is 10.0 Å². The van der Waals surface area contributed by atoms with E-state index in [-0.39, 0.29) is 12.1 Å². The fourth-order valence-corrected chi connectivity index (χ4v) is 2.36. The molecule has 0 radical (unpaired) electrons. The van der Waals surface area contributed by atoms with Crippen molar-refractivity contribution in [3.8, 4) is 0 Å². The minimum absolute atomic E-state index is 0.0410. The lowest BCUT2D eigenvalue weighted by atomic mass is 10.2. The number of carboxylic acid groups (broad SMARTS) is 1. The molecule has 0 amide bonds. The molecule has 104 valence electrons. The third-order valence-corrected chi connectivity index (χ3v) is 4.28. The summed E-state index contributed by atoms with van der Waals surface area (Å²) in [7, 11) is 0. The number of benzene rings is 1. The summed E-state index contributed by atoms with van der Waals surface area (Å²) in [5.41, 5.74) is 0.997. The molecule has 20 heavy (non-hydrogen) atoms. The topological polar surface area (TPSA) is 75.1 Å². The maximum absolute atomic E-state index is 11.0. The number of hydrogen-bond acceptors (Lipinski definition) is 4. The summed E-state index contributed by atoms with van der Waals surface area (Å²) < 4.78 is 0.683. The number of halogens is 3. The van der Waals surface area contributed by atoms with Crippen LogP contribution in [0, 0.1) is 0 Å². The number of hydrogen-bond donors (Lipinski definition) is 2. The standard InChI is InChI=1S/C12H8BrCl2N3O2/c13-7-1-2-8(11(15)10(7)14)17-4-9-6(12(19)20)3-16-5-18-9/h1-3,5,17H,4H2,(H,19,20). The van der Waals surface area contributed by atoms with Gasteiger partial charge in [0.2, 0.25) is 0 Å². The fraction of sp³-hybridized carbons (Fsp3) is 0.0833. The van der Waals surface area contributed by atoms with Gasteiger partial charge in [-0.05, 0) is 28.1 Å². The highest BCUT2D eigenvalue weighted by Gasteiger charge is 2.13. The predicted octanol–water partition coefficient (Wildman–Crippen LogP) is 3.86. The quantitative estimate of drug-likeness (QED) is 0.792. The highest BCUT2D eigenvalue weighted by atomic mass is 79.9. The van der Waals surface area contributed by atoms with Crippen LogP contribution in [0.3, 0.4) is 0 Å². The third kappa shape index (κ3) is 3.20. The van der Waals surface area contributed by atoms with Gasteiger partial charge in [-0.25, -0.2) is 14.8 Å². The van der Waals surface area contributed by atoms with Crippen molar-refractivity contribution in [2.75, 3.05) is 5.32 Å². The molecule has 0 spiro atoms. The van der Waals surface area contributed by atoms with Crippen LogP contribution in [0.15, 0.2) is 29.1 Å². The number of carbonyl (C=O) groups is 1. The second-order valence-electron chi connectivity index (χ2n) is 3.76. The van der Waals surface area contributed by atoms with E-state index in [4.69, 9.17) is 28.3 Å². The molecule has 0 aliphatic carbocycles. The third-order valence-electron chi connectivity index (χ3n) is 2.51. The minimum Gasteiger partial charge on any atom is -0.478 e. The van der Waals surface area contributed by atoms with Crippen LogP contribution in [0.5, 0.6) is 0 Å². The van der Waals surface area contributed by atoms with Gasteiger partial charge >= 0.3 is 5.97 Å². The fourth-order valence-electron chi connectivity index (χ4n) is 1.52. The second kappa shape index (κ2) is 6.39. The van der Waals surface area contributed by atoms with E-state index in [1.54, 1.807) is 12.1 Å². The predicted molar refractivity (Wildman–Crippen MR) is 80.5 cm³/mol. The van der Waals surface area contributed by atoms with Gasteiger partial charge in [-0.2, -0.15) is 0 Å². The molecule has 2 aromatic rings. The van der Waals surface area contributed by atoms with Crippen molar-refractivity contribution in [3.63, 3.8) is 0 Å². The summed E-state index contributed by atoms with van der Waals surface area (Å²) in [4.78, 5) is 18.7. The van der Waals surface area contributed by atoms with Crippen molar-refractivity contribution in [1.82, 2.24) is 9.97 Å². The number of rotatable bonds is 4. The number of aromatic nitrogens is 2. The lowest BCUT2D eigenvalue weighted by molar-refractivity contribution is 0.0694. The lowest BCUT2D eigenvalue weighted by Crippen LogP contribution is -2.10. The van der Waals surface area contributed by atoms with Gasteiger partial charge in [-0.1, -0.05) is 23.2 Å². The van der Waals surface area contributed by atoms with Gasteiger partial charge in [0.1, 0.15) is 11.9 Å². The van der Waals surface area contributed by atoms with E-state index in [9.17, 15) is 4.79 Å². The van der Waals surface area contributed by atoms with Crippen LogP contribution in [-0.4, -0.2) is 21.0 Å². The molecule has 1 aromatic carbocycles. The Morgan fingerprint density at radius 1 is 1.35 bits per heavy atom. The molecule has 0 bridgehead atoms. The first-order valence-corrected chi connectivity index (χ1v) is 6.95. The van der Waals surface area contributed by atoms with E-state index in [1.165, 1.54) is 12.5 Å². The van der Waals surface area contributed by atoms with E-state index >= 15 is 0 Å². The summed E-state index contributed by atoms with van der Waals surface area (Å²) in [6, 6.07) is 3.48. The van der Waals surface area contributed by atoms with Crippen LogP contribution in [0.1, 0.15) is 16.1 Å². The van der Waals surface area contributed by atoms with Gasteiger partial charge in [-0.3, -0.25) is 0 Å². The molecule has 0 saturated carbocycles. The number of aromatic carboxylic acids is 1. The zero-order valence-electron chi connectivity index (χ0n) is 9.90. The monoisotopic (exact) mass is 375 g/mol. The molecule has 2 N–H and O–H groups in total. The van der Waals surface area contributed by atoms with E-state index in [1.807, 2.05) is 0 Å². The van der Waals surface area contributed by atoms with Crippen molar-refractivity contribution >= 4 is 50.8 Å². The Balaban J connectivity index is 2.22. The first kappa shape index (κ1) is 15.0. The molecule has 0 saturated heterocycles. The Morgan fingerprint density at radius 2 is 2.10 bits per heavy atom. The van der Waals surface area contributed by atoms with Crippen LogP contribution in [0.25, 0.3) is 0 Å². The average Bonchev–Trinajstić information content (AvgIpc) is 2.44. The van der Waals surface area contributed by atoms with Gasteiger partial charge in [0, 0.05) is 10.7 Å². The van der Waals surface area contributed by atoms with Crippen molar-refractivity contribution in [1.29, 1.82) is 0 Å². The Morgan fingerprint density at radius 3 is 2.80 bits per heavy atom. The molecule has 1 heterocycles. The number of carboxylic acids is 1. The summed E-state index contributed by atoms with van der Waals surface area (Å²) in [6.45, 7) is 0.196. The van der Waals surface area contributed by atoms with Gasteiger partial charge in [0.05, 0.1) is 28.0 Å².